The number of nitrogens with one attached hydrogen (secondary N) is 1. The molecule has 29 heavy (non-hydrogen) atoms. The fourth-order valence-corrected chi connectivity index (χ4v) is 5.40. The third kappa shape index (κ3) is 4.16. The van der Waals surface area contributed by atoms with Crippen molar-refractivity contribution in [2.45, 2.75) is 33.1 Å². The first-order chi connectivity index (χ1) is 13.4. The Kier molecular flexibility index (Phi) is 5.49. The van der Waals surface area contributed by atoms with Crippen molar-refractivity contribution < 1.29 is 18.0 Å². The van der Waals surface area contributed by atoms with Crippen LogP contribution in [0, 0.1) is 5.92 Å². The first-order valence-corrected chi connectivity index (χ1v) is 11.2. The summed E-state index contributed by atoms with van der Waals surface area (Å²) in [4.78, 5) is 25.3. The molecule has 8 heteroatoms. The molecule has 1 aliphatic heterocycles. The summed E-state index contributed by atoms with van der Waals surface area (Å²) in [6, 6.07) is 11.7. The maximum atomic E-state index is 12.9. The second-order valence-corrected chi connectivity index (χ2v) is 10.5. The molecule has 1 fully saturated rings. The van der Waals surface area contributed by atoms with Crippen molar-refractivity contribution in [3.63, 3.8) is 0 Å². The molecule has 1 saturated heterocycles. The van der Waals surface area contributed by atoms with Gasteiger partial charge in [-0.1, -0.05) is 57.5 Å². The van der Waals surface area contributed by atoms with Gasteiger partial charge in [-0.25, -0.2) is 12.7 Å². The van der Waals surface area contributed by atoms with Crippen molar-refractivity contribution in [2.24, 2.45) is 5.92 Å². The van der Waals surface area contributed by atoms with Crippen molar-refractivity contribution in [1.82, 2.24) is 0 Å². The zero-order chi connectivity index (χ0) is 21.6. The molecule has 0 spiro atoms. The largest absolute Gasteiger partial charge is 0.322 e. The quantitative estimate of drug-likeness (QED) is 0.784. The van der Waals surface area contributed by atoms with Gasteiger partial charge in [0.1, 0.15) is 0 Å². The molecule has 1 atom stereocenters. The van der Waals surface area contributed by atoms with Gasteiger partial charge >= 0.3 is 0 Å². The summed E-state index contributed by atoms with van der Waals surface area (Å²) >= 11 is 6.18. The molecular formula is C21H23ClN2O4S. The summed E-state index contributed by atoms with van der Waals surface area (Å²) in [6.45, 7) is 7.68. The minimum absolute atomic E-state index is 0.00206. The van der Waals surface area contributed by atoms with E-state index in [1.807, 2.05) is 45.0 Å². The van der Waals surface area contributed by atoms with Crippen LogP contribution in [-0.4, -0.2) is 26.0 Å². The smallest absolute Gasteiger partial charge is 0.255 e. The molecule has 2 aromatic rings. The summed E-state index contributed by atoms with van der Waals surface area (Å²) < 4.78 is 25.5. The van der Waals surface area contributed by atoms with Crippen molar-refractivity contribution in [3.8, 4) is 0 Å². The number of hydrogen-bond donors (Lipinski definition) is 1. The number of benzene rings is 2. The average Bonchev–Trinajstić information content (AvgIpc) is 2.82. The molecule has 2 aromatic carbocycles. The summed E-state index contributed by atoms with van der Waals surface area (Å²) in [5.74, 6) is -1.91. The lowest BCUT2D eigenvalue weighted by Crippen LogP contribution is -2.30. The van der Waals surface area contributed by atoms with Gasteiger partial charge in [0, 0.05) is 11.3 Å². The summed E-state index contributed by atoms with van der Waals surface area (Å²) in [6.07, 6.45) is 0. The van der Waals surface area contributed by atoms with Gasteiger partial charge in [0.2, 0.25) is 15.9 Å². The number of para-hydroxylation sites is 1. The highest BCUT2D eigenvalue weighted by atomic mass is 35.5. The maximum absolute atomic E-state index is 12.9. The minimum Gasteiger partial charge on any atom is -0.322 e. The topological polar surface area (TPSA) is 83.6 Å². The first kappa shape index (κ1) is 21.3. The van der Waals surface area contributed by atoms with Crippen molar-refractivity contribution in [2.75, 3.05) is 15.4 Å². The fraction of sp³-hybridized carbons (Fsp3) is 0.333. The molecule has 1 N–H and O–H groups in total. The second kappa shape index (κ2) is 7.46. The highest BCUT2D eigenvalue weighted by Crippen LogP contribution is 2.35. The van der Waals surface area contributed by atoms with Crippen LogP contribution in [0.2, 0.25) is 5.02 Å². The molecule has 0 aromatic heterocycles. The fourth-order valence-electron chi connectivity index (χ4n) is 3.32. The zero-order valence-electron chi connectivity index (χ0n) is 16.7. The number of sulfonamides is 1. The van der Waals surface area contributed by atoms with E-state index in [1.54, 1.807) is 6.92 Å². The Bertz CT molecular complexity index is 1090. The second-order valence-electron chi connectivity index (χ2n) is 8.20. The summed E-state index contributed by atoms with van der Waals surface area (Å²) in [5.41, 5.74) is 1.66. The normalized spacial score (nSPS) is 18.7. The Morgan fingerprint density at radius 2 is 1.83 bits per heavy atom. The molecule has 0 aliphatic carbocycles. The van der Waals surface area contributed by atoms with E-state index in [9.17, 15) is 18.0 Å². The van der Waals surface area contributed by atoms with E-state index in [1.165, 1.54) is 18.2 Å². The average molecular weight is 435 g/mol. The molecule has 3 rings (SSSR count). The van der Waals surface area contributed by atoms with Crippen LogP contribution in [-0.2, 0) is 20.2 Å². The van der Waals surface area contributed by atoms with E-state index in [0.29, 0.717) is 9.99 Å². The van der Waals surface area contributed by atoms with Crippen LogP contribution < -0.4 is 9.62 Å². The van der Waals surface area contributed by atoms with Gasteiger partial charge in [0.05, 0.1) is 22.4 Å². The van der Waals surface area contributed by atoms with Crippen LogP contribution in [0.4, 0.5) is 11.4 Å². The number of anilines is 2. The van der Waals surface area contributed by atoms with Gasteiger partial charge in [-0.05, 0) is 35.2 Å². The van der Waals surface area contributed by atoms with E-state index in [2.05, 4.69) is 5.32 Å². The molecular weight excluding hydrogens is 412 g/mol. The Morgan fingerprint density at radius 1 is 1.17 bits per heavy atom. The number of rotatable bonds is 3. The van der Waals surface area contributed by atoms with E-state index >= 15 is 0 Å². The summed E-state index contributed by atoms with van der Waals surface area (Å²) in [5, 5.41) is 2.96. The van der Waals surface area contributed by atoms with Crippen LogP contribution in [0.15, 0.2) is 42.5 Å². The minimum atomic E-state index is -3.82. The van der Waals surface area contributed by atoms with Gasteiger partial charge in [0.15, 0.2) is 0 Å². The van der Waals surface area contributed by atoms with E-state index in [0.717, 1.165) is 5.56 Å². The highest BCUT2D eigenvalue weighted by molar-refractivity contribution is 7.94. The number of hydrogen-bond acceptors (Lipinski definition) is 4. The highest BCUT2D eigenvalue weighted by Gasteiger charge is 2.43. The molecule has 1 unspecified atom stereocenters. The van der Waals surface area contributed by atoms with Crippen LogP contribution in [0.1, 0.15) is 43.6 Å². The lowest BCUT2D eigenvalue weighted by atomic mass is 9.86. The zero-order valence-corrected chi connectivity index (χ0v) is 18.3. The number of carbonyl (C=O) groups is 2. The van der Waals surface area contributed by atoms with Gasteiger partial charge in [-0.3, -0.25) is 9.59 Å². The lowest BCUT2D eigenvalue weighted by Gasteiger charge is -2.23. The number of nitrogens with zero attached hydrogens (tertiary/aromatic N) is 1. The number of carbonyl (C=O) groups excluding carboxylic acids is 2. The van der Waals surface area contributed by atoms with E-state index < -0.39 is 27.8 Å². The first-order valence-electron chi connectivity index (χ1n) is 9.19. The molecule has 2 amide bonds. The monoisotopic (exact) mass is 434 g/mol. The predicted molar refractivity (Wildman–Crippen MR) is 115 cm³/mol. The Morgan fingerprint density at radius 3 is 2.41 bits per heavy atom. The molecule has 0 saturated carbocycles. The molecule has 0 bridgehead atoms. The molecule has 6 nitrogen and oxygen atoms in total. The van der Waals surface area contributed by atoms with E-state index in [-0.39, 0.29) is 27.4 Å². The van der Waals surface area contributed by atoms with Gasteiger partial charge in [-0.15, -0.1) is 0 Å². The Labute approximate surface area is 175 Å². The molecule has 0 radical (unpaired) electrons. The Balaban J connectivity index is 1.97. The van der Waals surface area contributed by atoms with Gasteiger partial charge in [0.25, 0.3) is 5.91 Å². The molecule has 1 aliphatic rings. The number of halogens is 1. The van der Waals surface area contributed by atoms with E-state index in [4.69, 9.17) is 11.6 Å². The summed E-state index contributed by atoms with van der Waals surface area (Å²) in [7, 11) is -3.82. The van der Waals surface area contributed by atoms with Gasteiger partial charge in [-0.2, -0.15) is 0 Å². The SMILES string of the molecule is CC1CS(=O)(=O)N(c2cc(C(=O)Nc3ccccc3C(C)(C)C)ccc2Cl)C1=O. The molecule has 154 valence electrons. The predicted octanol–water partition coefficient (Wildman–Crippen LogP) is 4.20. The van der Waals surface area contributed by atoms with Crippen molar-refractivity contribution in [3.05, 3.63) is 58.6 Å². The van der Waals surface area contributed by atoms with Crippen molar-refractivity contribution >= 4 is 44.8 Å². The third-order valence-electron chi connectivity index (χ3n) is 4.77. The Hall–Kier alpha value is -2.38. The standard InChI is InChI=1S/C21H23ClN2O4S/c1-13-12-29(27,28)24(20(13)26)18-11-14(9-10-16(18)22)19(25)23-17-8-6-5-7-15(17)21(2,3)4/h5-11,13H,12H2,1-4H3,(H,23,25). The van der Waals surface area contributed by atoms with Crippen molar-refractivity contribution in [1.29, 1.82) is 0 Å². The van der Waals surface area contributed by atoms with Crippen LogP contribution in [0.3, 0.4) is 0 Å². The number of amides is 2. The van der Waals surface area contributed by atoms with Crippen LogP contribution in [0.25, 0.3) is 0 Å². The van der Waals surface area contributed by atoms with Crippen LogP contribution in [0.5, 0.6) is 0 Å². The third-order valence-corrected chi connectivity index (χ3v) is 6.94. The maximum Gasteiger partial charge on any atom is 0.255 e. The lowest BCUT2D eigenvalue weighted by molar-refractivity contribution is -0.119. The van der Waals surface area contributed by atoms with Gasteiger partial charge < -0.3 is 5.32 Å². The molecule has 1 heterocycles. The van der Waals surface area contributed by atoms with Crippen LogP contribution >= 0.6 is 11.6 Å².